The molecule has 23 heavy (non-hydrogen) atoms. The van der Waals surface area contributed by atoms with E-state index in [2.05, 4.69) is 15.5 Å². The largest absolute Gasteiger partial charge is 0.493 e. The van der Waals surface area contributed by atoms with E-state index in [4.69, 9.17) is 18.7 Å². The average molecular weight is 321 g/mol. The van der Waals surface area contributed by atoms with Crippen molar-refractivity contribution in [3.63, 3.8) is 0 Å². The highest BCUT2D eigenvalue weighted by Crippen LogP contribution is 2.40. The van der Waals surface area contributed by atoms with E-state index in [1.165, 1.54) is 0 Å². The summed E-state index contributed by atoms with van der Waals surface area (Å²) in [5.41, 5.74) is 0.802. The minimum absolute atomic E-state index is 0.155. The van der Waals surface area contributed by atoms with Gasteiger partial charge >= 0.3 is 0 Å². The Morgan fingerprint density at radius 1 is 1.00 bits per heavy atom. The zero-order valence-corrected chi connectivity index (χ0v) is 14.3. The van der Waals surface area contributed by atoms with Crippen molar-refractivity contribution in [2.75, 3.05) is 26.6 Å². The second-order valence-corrected chi connectivity index (χ2v) is 5.43. The fraction of sp³-hybridized carbons (Fsp3) is 0.500. The summed E-state index contributed by atoms with van der Waals surface area (Å²) in [6.07, 6.45) is 0. The van der Waals surface area contributed by atoms with Crippen LogP contribution < -0.4 is 19.5 Å². The first-order chi connectivity index (χ1) is 11.0. The van der Waals surface area contributed by atoms with Gasteiger partial charge in [-0.1, -0.05) is 19.0 Å². The second-order valence-electron chi connectivity index (χ2n) is 5.43. The van der Waals surface area contributed by atoms with Crippen molar-refractivity contribution in [3.05, 3.63) is 23.8 Å². The Balaban J connectivity index is 2.24. The van der Waals surface area contributed by atoms with Crippen LogP contribution in [0.5, 0.6) is 17.2 Å². The zero-order chi connectivity index (χ0) is 17.0. The first-order valence-electron chi connectivity index (χ1n) is 7.40. The number of rotatable bonds is 7. The van der Waals surface area contributed by atoms with E-state index >= 15 is 0 Å². The number of nitrogens with zero attached hydrogens (tertiary/aromatic N) is 2. The van der Waals surface area contributed by atoms with Crippen LogP contribution in [0.25, 0.3) is 0 Å². The lowest BCUT2D eigenvalue weighted by Crippen LogP contribution is -2.08. The molecule has 0 aliphatic heterocycles. The third-order valence-corrected chi connectivity index (χ3v) is 3.39. The van der Waals surface area contributed by atoms with Crippen LogP contribution in [-0.2, 0) is 0 Å². The summed E-state index contributed by atoms with van der Waals surface area (Å²) in [4.78, 5) is 4.40. The summed E-state index contributed by atoms with van der Waals surface area (Å²) >= 11 is 0. The summed E-state index contributed by atoms with van der Waals surface area (Å²) in [5.74, 6) is 3.15. The maximum atomic E-state index is 5.35. The average Bonchev–Trinajstić information content (AvgIpc) is 3.04. The molecule has 0 fully saturated rings. The molecule has 0 bridgehead atoms. The van der Waals surface area contributed by atoms with Gasteiger partial charge in [-0.3, -0.25) is 0 Å². The Hall–Kier alpha value is -2.44. The highest BCUT2D eigenvalue weighted by molar-refractivity contribution is 5.62. The number of aromatic nitrogens is 2. The highest BCUT2D eigenvalue weighted by Gasteiger charge is 2.18. The minimum Gasteiger partial charge on any atom is -0.493 e. The van der Waals surface area contributed by atoms with Crippen LogP contribution >= 0.6 is 0 Å². The fourth-order valence-corrected chi connectivity index (χ4v) is 2.13. The quantitative estimate of drug-likeness (QED) is 0.837. The number of benzene rings is 1. The molecular weight excluding hydrogens is 298 g/mol. The van der Waals surface area contributed by atoms with Crippen molar-refractivity contribution in [2.24, 2.45) is 0 Å². The maximum absolute atomic E-state index is 5.35. The fourth-order valence-electron chi connectivity index (χ4n) is 2.13. The molecule has 0 aliphatic rings. The number of anilines is 1. The van der Waals surface area contributed by atoms with E-state index in [0.29, 0.717) is 29.0 Å². The van der Waals surface area contributed by atoms with Gasteiger partial charge in [0.05, 0.1) is 21.3 Å². The number of methoxy groups -OCH3 is 3. The van der Waals surface area contributed by atoms with Gasteiger partial charge in [0.15, 0.2) is 17.3 Å². The van der Waals surface area contributed by atoms with Crippen molar-refractivity contribution < 1.29 is 18.7 Å². The SMILES string of the molecule is COc1cc(N[C@@H](C)c2nc(C(C)C)no2)cc(OC)c1OC. The zero-order valence-electron chi connectivity index (χ0n) is 14.3. The predicted molar refractivity (Wildman–Crippen MR) is 86.5 cm³/mol. The van der Waals surface area contributed by atoms with Crippen molar-refractivity contribution in [2.45, 2.75) is 32.7 Å². The van der Waals surface area contributed by atoms with Gasteiger partial charge < -0.3 is 24.1 Å². The lowest BCUT2D eigenvalue weighted by atomic mass is 10.2. The Morgan fingerprint density at radius 3 is 2.04 bits per heavy atom. The molecule has 7 heteroatoms. The van der Waals surface area contributed by atoms with Gasteiger partial charge in [-0.2, -0.15) is 4.98 Å². The van der Waals surface area contributed by atoms with E-state index in [9.17, 15) is 0 Å². The number of hydrogen-bond acceptors (Lipinski definition) is 7. The standard InChI is InChI=1S/C16H23N3O4/c1-9(2)15-18-16(23-19-15)10(3)17-11-7-12(20-4)14(22-6)13(8-11)21-5/h7-10,17H,1-6H3/t10-/m0/s1. The molecule has 1 aromatic heterocycles. The van der Waals surface area contributed by atoms with E-state index < -0.39 is 0 Å². The lowest BCUT2D eigenvalue weighted by molar-refractivity contribution is 0.324. The second kappa shape index (κ2) is 7.21. The molecule has 2 aromatic rings. The van der Waals surface area contributed by atoms with Gasteiger partial charge in [-0.15, -0.1) is 0 Å². The summed E-state index contributed by atoms with van der Waals surface area (Å²) in [6.45, 7) is 5.98. The van der Waals surface area contributed by atoms with Crippen LogP contribution in [0.4, 0.5) is 5.69 Å². The molecule has 1 heterocycles. The molecule has 0 radical (unpaired) electrons. The van der Waals surface area contributed by atoms with Gasteiger partial charge in [0.2, 0.25) is 11.6 Å². The third-order valence-electron chi connectivity index (χ3n) is 3.39. The topological polar surface area (TPSA) is 78.6 Å². The number of ether oxygens (including phenoxy) is 3. The van der Waals surface area contributed by atoms with Crippen molar-refractivity contribution in [3.8, 4) is 17.2 Å². The van der Waals surface area contributed by atoms with Gasteiger partial charge in [-0.25, -0.2) is 0 Å². The van der Waals surface area contributed by atoms with Gasteiger partial charge in [0, 0.05) is 23.7 Å². The van der Waals surface area contributed by atoms with Crippen LogP contribution in [0.3, 0.4) is 0 Å². The molecule has 126 valence electrons. The van der Waals surface area contributed by atoms with Gasteiger partial charge in [-0.05, 0) is 6.92 Å². The van der Waals surface area contributed by atoms with E-state index in [1.54, 1.807) is 21.3 Å². The van der Waals surface area contributed by atoms with E-state index in [0.717, 1.165) is 5.69 Å². The molecule has 2 rings (SSSR count). The smallest absolute Gasteiger partial charge is 0.248 e. The molecule has 0 saturated heterocycles. The third kappa shape index (κ3) is 3.67. The number of hydrogen-bond donors (Lipinski definition) is 1. The molecule has 0 saturated carbocycles. The van der Waals surface area contributed by atoms with Gasteiger partial charge in [0.25, 0.3) is 0 Å². The molecule has 0 amide bonds. The summed E-state index contributed by atoms with van der Waals surface area (Å²) in [6, 6.07) is 3.51. The molecular formula is C16H23N3O4. The molecule has 0 aliphatic carbocycles. The Labute approximate surface area is 135 Å². The lowest BCUT2D eigenvalue weighted by Gasteiger charge is -2.16. The summed E-state index contributed by atoms with van der Waals surface area (Å²) in [5, 5.41) is 7.28. The Kier molecular flexibility index (Phi) is 5.31. The first-order valence-corrected chi connectivity index (χ1v) is 7.40. The summed E-state index contributed by atoms with van der Waals surface area (Å²) in [7, 11) is 4.73. The molecule has 0 spiro atoms. The van der Waals surface area contributed by atoms with E-state index in [1.807, 2.05) is 32.9 Å². The van der Waals surface area contributed by atoms with Crippen molar-refractivity contribution in [1.82, 2.24) is 10.1 Å². The molecule has 0 unspecified atom stereocenters. The normalized spacial score (nSPS) is 12.1. The Bertz CT molecular complexity index is 630. The molecule has 1 atom stereocenters. The van der Waals surface area contributed by atoms with Crippen LogP contribution in [0.1, 0.15) is 44.4 Å². The first kappa shape index (κ1) is 16.9. The molecule has 7 nitrogen and oxygen atoms in total. The van der Waals surface area contributed by atoms with Crippen LogP contribution in [-0.4, -0.2) is 31.5 Å². The highest BCUT2D eigenvalue weighted by atomic mass is 16.5. The van der Waals surface area contributed by atoms with Crippen LogP contribution in [0.15, 0.2) is 16.7 Å². The van der Waals surface area contributed by atoms with Gasteiger partial charge in [0.1, 0.15) is 6.04 Å². The monoisotopic (exact) mass is 321 g/mol. The Morgan fingerprint density at radius 2 is 1.61 bits per heavy atom. The summed E-state index contributed by atoms with van der Waals surface area (Å²) < 4.78 is 21.3. The minimum atomic E-state index is -0.155. The molecule has 1 N–H and O–H groups in total. The van der Waals surface area contributed by atoms with E-state index in [-0.39, 0.29) is 12.0 Å². The van der Waals surface area contributed by atoms with Crippen LogP contribution in [0.2, 0.25) is 0 Å². The van der Waals surface area contributed by atoms with Crippen LogP contribution in [0, 0.1) is 0 Å². The van der Waals surface area contributed by atoms with Crippen molar-refractivity contribution >= 4 is 5.69 Å². The predicted octanol–water partition coefficient (Wildman–Crippen LogP) is 3.39. The molecule has 1 aromatic carbocycles. The van der Waals surface area contributed by atoms with Crippen molar-refractivity contribution in [1.29, 1.82) is 0 Å². The number of nitrogens with one attached hydrogen (secondary N) is 1. The maximum Gasteiger partial charge on any atom is 0.248 e.